The fourth-order valence-corrected chi connectivity index (χ4v) is 1.85. The molecule has 0 radical (unpaired) electrons. The van der Waals surface area contributed by atoms with E-state index in [9.17, 15) is 0 Å². The average Bonchev–Trinajstić information content (AvgIpc) is 1.90. The molecule has 0 aliphatic heterocycles. The van der Waals surface area contributed by atoms with E-state index in [4.69, 9.17) is 0 Å². The fraction of sp³-hybridized carbons (Fsp3) is 0. The van der Waals surface area contributed by atoms with Crippen LogP contribution in [0.2, 0.25) is 0 Å². The van der Waals surface area contributed by atoms with Crippen molar-refractivity contribution in [2.45, 2.75) is 0 Å². The number of benzene rings is 1. The van der Waals surface area contributed by atoms with Gasteiger partial charge >= 0.3 is 66.8 Å². The van der Waals surface area contributed by atoms with Crippen LogP contribution in [-0.4, -0.2) is 0 Å². The van der Waals surface area contributed by atoms with Crippen LogP contribution >= 0.6 is 20.3 Å². The molecule has 0 saturated carbocycles. The first kappa shape index (κ1) is 6.59. The topological polar surface area (TPSA) is 0 Å². The third kappa shape index (κ3) is 1.77. The van der Waals surface area contributed by atoms with Crippen molar-refractivity contribution in [2.75, 3.05) is 0 Å². The van der Waals surface area contributed by atoms with Gasteiger partial charge < -0.3 is 0 Å². The van der Waals surface area contributed by atoms with Crippen molar-refractivity contribution in [2.24, 2.45) is 0 Å². The first-order valence-electron chi connectivity index (χ1n) is 2.22. The molecule has 1 aromatic carbocycles. The van der Waals surface area contributed by atoms with Crippen molar-refractivity contribution in [1.29, 1.82) is 0 Å². The van der Waals surface area contributed by atoms with Crippen LogP contribution in [0.1, 0.15) is 0 Å². The SMILES string of the molecule is [I][Fe][c]1ccccc1. The van der Waals surface area contributed by atoms with E-state index in [-0.39, 0.29) is 0 Å². The summed E-state index contributed by atoms with van der Waals surface area (Å²) in [7, 11) is 0. The molecule has 0 N–H and O–H groups in total. The molecule has 1 aromatic rings. The van der Waals surface area contributed by atoms with Crippen LogP contribution in [-0.2, 0) is 11.7 Å². The first-order chi connectivity index (χ1) is 3.93. The monoisotopic (exact) mass is 260 g/mol. The van der Waals surface area contributed by atoms with E-state index in [1.807, 2.05) is 6.07 Å². The van der Waals surface area contributed by atoms with Crippen LogP contribution in [0.25, 0.3) is 0 Å². The second-order valence-corrected chi connectivity index (χ2v) is 3.77. The first-order valence-corrected chi connectivity index (χ1v) is 6.34. The summed E-state index contributed by atoms with van der Waals surface area (Å²) in [6, 6.07) is 10.4. The standard InChI is InChI=1S/C6H5.Fe.HI/c1-2-4-6-5-3-1;;/h1-5H;;1H/q;+1;/p-1. The maximum atomic E-state index is 2.35. The van der Waals surface area contributed by atoms with Gasteiger partial charge in [-0.25, -0.2) is 0 Å². The molecular formula is C6H5FeI. The van der Waals surface area contributed by atoms with Crippen LogP contribution in [0.5, 0.6) is 0 Å². The Bertz CT molecular complexity index is 150. The molecule has 2 heteroatoms. The normalized spacial score (nSPS) is 9.62. The molecule has 0 atom stereocenters. The predicted octanol–water partition coefficient (Wildman–Crippen LogP) is 1.74. The summed E-state index contributed by atoms with van der Waals surface area (Å²) in [5, 5.41) is 0. The minimum atomic E-state index is 1.11. The zero-order chi connectivity index (χ0) is 5.82. The molecule has 0 amide bonds. The van der Waals surface area contributed by atoms with Crippen LogP contribution < -0.4 is 4.46 Å². The average molecular weight is 260 g/mol. The van der Waals surface area contributed by atoms with Crippen molar-refractivity contribution in [3.8, 4) is 0 Å². The van der Waals surface area contributed by atoms with Crippen LogP contribution in [0.4, 0.5) is 0 Å². The van der Waals surface area contributed by atoms with E-state index in [1.165, 1.54) is 4.46 Å². The Morgan fingerprint density at radius 3 is 2.12 bits per heavy atom. The van der Waals surface area contributed by atoms with E-state index in [0.717, 1.165) is 11.7 Å². The van der Waals surface area contributed by atoms with Crippen molar-refractivity contribution in [3.63, 3.8) is 0 Å². The Morgan fingerprint density at radius 1 is 1.12 bits per heavy atom. The fourth-order valence-electron chi connectivity index (χ4n) is 0.455. The summed E-state index contributed by atoms with van der Waals surface area (Å²) in [5.41, 5.74) is 0. The molecule has 0 saturated heterocycles. The molecule has 44 valence electrons. The number of hydrogen-bond acceptors (Lipinski definition) is 0. The molecule has 8 heavy (non-hydrogen) atoms. The van der Waals surface area contributed by atoms with Gasteiger partial charge in [0, 0.05) is 0 Å². The van der Waals surface area contributed by atoms with Crippen molar-refractivity contribution < 1.29 is 11.7 Å². The van der Waals surface area contributed by atoms with Gasteiger partial charge in [0.2, 0.25) is 0 Å². The van der Waals surface area contributed by atoms with Gasteiger partial charge in [-0.05, 0) is 0 Å². The third-order valence-electron chi connectivity index (χ3n) is 0.802. The Morgan fingerprint density at radius 2 is 1.75 bits per heavy atom. The molecule has 1 rings (SSSR count). The molecule has 0 spiro atoms. The zero-order valence-electron chi connectivity index (χ0n) is 4.12. The predicted molar refractivity (Wildman–Crippen MR) is 40.1 cm³/mol. The van der Waals surface area contributed by atoms with Gasteiger partial charge in [0.25, 0.3) is 0 Å². The molecular weight excluding hydrogens is 255 g/mol. The van der Waals surface area contributed by atoms with Gasteiger partial charge in [-0.2, -0.15) is 0 Å². The maximum absolute atomic E-state index is 2.35. The molecule has 0 nitrogen and oxygen atoms in total. The van der Waals surface area contributed by atoms with Crippen LogP contribution in [0.15, 0.2) is 30.3 Å². The van der Waals surface area contributed by atoms with Crippen LogP contribution in [0, 0.1) is 0 Å². The van der Waals surface area contributed by atoms with E-state index in [0.29, 0.717) is 0 Å². The summed E-state index contributed by atoms with van der Waals surface area (Å²) in [5.74, 6) is 0. The molecule has 0 aromatic heterocycles. The Labute approximate surface area is 66.6 Å². The molecule has 0 unspecified atom stereocenters. The van der Waals surface area contributed by atoms with E-state index < -0.39 is 0 Å². The quantitative estimate of drug-likeness (QED) is 0.533. The molecule has 0 fully saturated rings. The van der Waals surface area contributed by atoms with Gasteiger partial charge in [0.1, 0.15) is 0 Å². The summed E-state index contributed by atoms with van der Waals surface area (Å²) >= 11 is 3.46. The van der Waals surface area contributed by atoms with Crippen molar-refractivity contribution >= 4 is 24.8 Å². The van der Waals surface area contributed by atoms with Gasteiger partial charge in [0.05, 0.1) is 0 Å². The van der Waals surface area contributed by atoms with Gasteiger partial charge in [-0.3, -0.25) is 0 Å². The van der Waals surface area contributed by atoms with Crippen molar-refractivity contribution in [3.05, 3.63) is 30.3 Å². The third-order valence-corrected chi connectivity index (χ3v) is 3.23. The number of hydrogen-bond donors (Lipinski definition) is 0. The van der Waals surface area contributed by atoms with Gasteiger partial charge in [-0.15, -0.1) is 0 Å². The summed E-state index contributed by atoms with van der Waals surface area (Å²) < 4.78 is 1.40. The molecule has 0 aliphatic rings. The Hall–Kier alpha value is 0.469. The number of rotatable bonds is 1. The Balaban J connectivity index is 2.83. The second-order valence-electron chi connectivity index (χ2n) is 1.35. The van der Waals surface area contributed by atoms with Crippen molar-refractivity contribution in [1.82, 2.24) is 0 Å². The zero-order valence-corrected chi connectivity index (χ0v) is 7.38. The Kier molecular flexibility index (Phi) is 2.87. The van der Waals surface area contributed by atoms with E-state index >= 15 is 0 Å². The minimum absolute atomic E-state index is 1.11. The molecule has 0 aliphatic carbocycles. The second kappa shape index (κ2) is 3.49. The number of halogens is 1. The van der Waals surface area contributed by atoms with E-state index in [1.54, 1.807) is 0 Å². The summed E-state index contributed by atoms with van der Waals surface area (Å²) in [6.45, 7) is 0. The van der Waals surface area contributed by atoms with Crippen LogP contribution in [0.3, 0.4) is 0 Å². The summed E-state index contributed by atoms with van der Waals surface area (Å²) in [4.78, 5) is 0. The summed E-state index contributed by atoms with van der Waals surface area (Å²) in [6.07, 6.45) is 0. The molecule has 0 bridgehead atoms. The van der Waals surface area contributed by atoms with Gasteiger partial charge in [0.15, 0.2) is 0 Å². The van der Waals surface area contributed by atoms with Gasteiger partial charge in [-0.1, -0.05) is 0 Å². The van der Waals surface area contributed by atoms with E-state index in [2.05, 4.69) is 44.6 Å². The molecule has 0 heterocycles.